The molecule has 2 aromatic rings. The summed E-state index contributed by atoms with van der Waals surface area (Å²) in [4.78, 5) is 0. The standard InChI is InChI=1S/C19H25NO3/c1-19(2,21)13-20-12-15-10-17(22-3)18(23-4)11-16(15)14-8-6-5-7-9-14/h5-11,20-21H,12-13H2,1-4H3. The highest BCUT2D eigenvalue weighted by Gasteiger charge is 2.15. The molecule has 0 aliphatic heterocycles. The third-order valence-corrected chi connectivity index (χ3v) is 3.57. The van der Waals surface area contributed by atoms with Crippen LogP contribution in [0, 0.1) is 0 Å². The van der Waals surface area contributed by atoms with E-state index in [9.17, 15) is 5.11 Å². The first-order chi connectivity index (χ1) is 10.9. The van der Waals surface area contributed by atoms with Crippen molar-refractivity contribution in [3.63, 3.8) is 0 Å². The molecular formula is C19H25NO3. The molecule has 4 nitrogen and oxygen atoms in total. The number of methoxy groups -OCH3 is 2. The summed E-state index contributed by atoms with van der Waals surface area (Å²) in [5.41, 5.74) is 2.56. The van der Waals surface area contributed by atoms with E-state index in [0.29, 0.717) is 24.6 Å². The normalized spacial score (nSPS) is 11.3. The van der Waals surface area contributed by atoms with Crippen LogP contribution in [0.5, 0.6) is 11.5 Å². The van der Waals surface area contributed by atoms with Gasteiger partial charge in [0.2, 0.25) is 0 Å². The molecule has 124 valence electrons. The Bertz CT molecular complexity index is 633. The minimum atomic E-state index is -0.747. The largest absolute Gasteiger partial charge is 0.493 e. The van der Waals surface area contributed by atoms with Crippen molar-refractivity contribution in [1.29, 1.82) is 0 Å². The molecule has 0 aliphatic rings. The van der Waals surface area contributed by atoms with E-state index >= 15 is 0 Å². The van der Waals surface area contributed by atoms with E-state index in [1.54, 1.807) is 28.1 Å². The third kappa shape index (κ3) is 4.71. The van der Waals surface area contributed by atoms with Crippen molar-refractivity contribution in [2.45, 2.75) is 26.0 Å². The van der Waals surface area contributed by atoms with Gasteiger partial charge >= 0.3 is 0 Å². The van der Waals surface area contributed by atoms with Crippen LogP contribution in [0.4, 0.5) is 0 Å². The molecule has 0 amide bonds. The van der Waals surface area contributed by atoms with E-state index in [2.05, 4.69) is 17.4 Å². The first-order valence-electron chi connectivity index (χ1n) is 7.68. The number of aliphatic hydroxyl groups is 1. The molecule has 0 aliphatic carbocycles. The summed E-state index contributed by atoms with van der Waals surface area (Å²) in [5, 5.41) is 13.2. The van der Waals surface area contributed by atoms with Crippen molar-refractivity contribution in [3.05, 3.63) is 48.0 Å². The van der Waals surface area contributed by atoms with Crippen LogP contribution in [0.15, 0.2) is 42.5 Å². The van der Waals surface area contributed by atoms with Crippen LogP contribution in [-0.4, -0.2) is 31.5 Å². The third-order valence-electron chi connectivity index (χ3n) is 3.57. The zero-order valence-corrected chi connectivity index (χ0v) is 14.2. The second-order valence-corrected chi connectivity index (χ2v) is 6.15. The minimum Gasteiger partial charge on any atom is -0.493 e. The van der Waals surface area contributed by atoms with Gasteiger partial charge < -0.3 is 19.9 Å². The number of nitrogens with one attached hydrogen (secondary N) is 1. The molecule has 0 unspecified atom stereocenters. The molecule has 0 saturated carbocycles. The molecule has 4 heteroatoms. The minimum absolute atomic E-state index is 0.509. The van der Waals surface area contributed by atoms with Gasteiger partial charge in [0.25, 0.3) is 0 Å². The maximum absolute atomic E-state index is 9.86. The van der Waals surface area contributed by atoms with Crippen LogP contribution in [0.1, 0.15) is 19.4 Å². The highest BCUT2D eigenvalue weighted by atomic mass is 16.5. The van der Waals surface area contributed by atoms with E-state index in [1.165, 1.54) is 0 Å². The number of ether oxygens (including phenoxy) is 2. The fourth-order valence-corrected chi connectivity index (χ4v) is 2.46. The Morgan fingerprint density at radius 1 is 1.00 bits per heavy atom. The average molecular weight is 315 g/mol. The SMILES string of the molecule is COc1cc(CNCC(C)(C)O)c(-c2ccccc2)cc1OC. The molecule has 0 radical (unpaired) electrons. The highest BCUT2D eigenvalue weighted by Crippen LogP contribution is 2.35. The Kier molecular flexibility index (Phi) is 5.64. The van der Waals surface area contributed by atoms with Crippen molar-refractivity contribution in [1.82, 2.24) is 5.32 Å². The smallest absolute Gasteiger partial charge is 0.161 e. The van der Waals surface area contributed by atoms with Gasteiger partial charge in [0.05, 0.1) is 19.8 Å². The zero-order valence-electron chi connectivity index (χ0n) is 14.2. The highest BCUT2D eigenvalue weighted by molar-refractivity contribution is 5.71. The molecule has 0 atom stereocenters. The lowest BCUT2D eigenvalue weighted by molar-refractivity contribution is 0.0795. The van der Waals surface area contributed by atoms with Crippen LogP contribution >= 0.6 is 0 Å². The molecule has 0 fully saturated rings. The van der Waals surface area contributed by atoms with E-state index in [-0.39, 0.29) is 0 Å². The van der Waals surface area contributed by atoms with Crippen molar-refractivity contribution < 1.29 is 14.6 Å². The van der Waals surface area contributed by atoms with Gasteiger partial charge in [-0.05, 0) is 42.7 Å². The summed E-state index contributed by atoms with van der Waals surface area (Å²) < 4.78 is 10.8. The van der Waals surface area contributed by atoms with Gasteiger partial charge in [-0.2, -0.15) is 0 Å². The molecule has 0 aromatic heterocycles. The molecule has 23 heavy (non-hydrogen) atoms. The summed E-state index contributed by atoms with van der Waals surface area (Å²) in [6, 6.07) is 14.1. The summed E-state index contributed by atoms with van der Waals surface area (Å²) in [7, 11) is 3.27. The predicted octanol–water partition coefficient (Wildman–Crippen LogP) is 3.23. The molecule has 0 bridgehead atoms. The number of hydrogen-bond acceptors (Lipinski definition) is 4. The van der Waals surface area contributed by atoms with Crippen molar-refractivity contribution >= 4 is 0 Å². The molecule has 2 aromatic carbocycles. The van der Waals surface area contributed by atoms with Crippen LogP contribution < -0.4 is 14.8 Å². The number of hydrogen-bond donors (Lipinski definition) is 2. The van der Waals surface area contributed by atoms with Crippen LogP contribution in [0.25, 0.3) is 11.1 Å². The van der Waals surface area contributed by atoms with Crippen LogP contribution in [0.2, 0.25) is 0 Å². The van der Waals surface area contributed by atoms with Gasteiger partial charge in [-0.3, -0.25) is 0 Å². The topological polar surface area (TPSA) is 50.7 Å². The summed E-state index contributed by atoms with van der Waals surface area (Å²) >= 11 is 0. The summed E-state index contributed by atoms with van der Waals surface area (Å²) in [6.45, 7) is 4.71. The lowest BCUT2D eigenvalue weighted by Crippen LogP contribution is -2.34. The fourth-order valence-electron chi connectivity index (χ4n) is 2.46. The van der Waals surface area contributed by atoms with Crippen LogP contribution in [0.3, 0.4) is 0 Å². The average Bonchev–Trinajstić information content (AvgIpc) is 2.54. The Hall–Kier alpha value is -2.04. The molecule has 2 rings (SSSR count). The lowest BCUT2D eigenvalue weighted by atomic mass is 9.98. The van der Waals surface area contributed by atoms with Crippen molar-refractivity contribution in [2.24, 2.45) is 0 Å². The molecule has 0 saturated heterocycles. The first kappa shape index (κ1) is 17.3. The maximum Gasteiger partial charge on any atom is 0.161 e. The first-order valence-corrected chi connectivity index (χ1v) is 7.68. The monoisotopic (exact) mass is 315 g/mol. The molecule has 2 N–H and O–H groups in total. The fraction of sp³-hybridized carbons (Fsp3) is 0.368. The van der Waals surface area contributed by atoms with E-state index in [0.717, 1.165) is 16.7 Å². The maximum atomic E-state index is 9.86. The van der Waals surface area contributed by atoms with Gasteiger partial charge in [-0.25, -0.2) is 0 Å². The molecular weight excluding hydrogens is 290 g/mol. The van der Waals surface area contributed by atoms with Gasteiger partial charge in [0.15, 0.2) is 11.5 Å². The number of rotatable bonds is 7. The van der Waals surface area contributed by atoms with E-state index in [1.807, 2.05) is 30.3 Å². The second kappa shape index (κ2) is 7.49. The van der Waals surface area contributed by atoms with E-state index in [4.69, 9.17) is 9.47 Å². The van der Waals surface area contributed by atoms with Crippen molar-refractivity contribution in [3.8, 4) is 22.6 Å². The zero-order chi connectivity index (χ0) is 16.9. The molecule has 0 heterocycles. The quantitative estimate of drug-likeness (QED) is 0.823. The predicted molar refractivity (Wildman–Crippen MR) is 93.0 cm³/mol. The summed E-state index contributed by atoms with van der Waals surface area (Å²) in [5.74, 6) is 1.41. The van der Waals surface area contributed by atoms with E-state index < -0.39 is 5.60 Å². The Morgan fingerprint density at radius 2 is 1.61 bits per heavy atom. The second-order valence-electron chi connectivity index (χ2n) is 6.15. The Labute approximate surface area is 138 Å². The Morgan fingerprint density at radius 3 is 2.17 bits per heavy atom. The van der Waals surface area contributed by atoms with Crippen LogP contribution in [-0.2, 0) is 6.54 Å². The van der Waals surface area contributed by atoms with Gasteiger partial charge in [-0.1, -0.05) is 30.3 Å². The molecule has 0 spiro atoms. The van der Waals surface area contributed by atoms with Crippen molar-refractivity contribution in [2.75, 3.05) is 20.8 Å². The van der Waals surface area contributed by atoms with Gasteiger partial charge in [0, 0.05) is 13.1 Å². The Balaban J connectivity index is 2.37. The number of benzene rings is 2. The van der Waals surface area contributed by atoms with Gasteiger partial charge in [-0.15, -0.1) is 0 Å². The lowest BCUT2D eigenvalue weighted by Gasteiger charge is -2.20. The summed E-state index contributed by atoms with van der Waals surface area (Å²) in [6.07, 6.45) is 0. The van der Waals surface area contributed by atoms with Gasteiger partial charge in [0.1, 0.15) is 0 Å².